The Morgan fingerprint density at radius 3 is 1.33 bits per heavy atom. The topological polar surface area (TPSA) is 293 Å². The molecule has 0 aliphatic rings. The van der Waals surface area contributed by atoms with Crippen LogP contribution >= 0.6 is 0 Å². The van der Waals surface area contributed by atoms with Gasteiger partial charge in [-0.25, -0.2) is 29.5 Å². The summed E-state index contributed by atoms with van der Waals surface area (Å²) >= 11 is 0. The number of hydrogen-bond acceptors (Lipinski definition) is 20. The van der Waals surface area contributed by atoms with E-state index in [0.717, 1.165) is 81.6 Å². The van der Waals surface area contributed by atoms with Crippen molar-refractivity contribution in [3.63, 3.8) is 0 Å². The maximum atomic E-state index is 13.1. The Morgan fingerprint density at radius 2 is 0.989 bits per heavy atom. The second-order valence-corrected chi connectivity index (χ2v) is 23.0. The molecule has 0 saturated heterocycles. The molecule has 2 amide bonds. The quantitative estimate of drug-likeness (QED) is 0.00965. The van der Waals surface area contributed by atoms with Crippen LogP contribution in [-0.2, 0) is 47.5 Å². The van der Waals surface area contributed by atoms with Gasteiger partial charge in [0.2, 0.25) is 23.7 Å². The van der Waals surface area contributed by atoms with Crippen LogP contribution in [0.1, 0.15) is 72.9 Å². The molecule has 95 heavy (non-hydrogen) atoms. The van der Waals surface area contributed by atoms with Gasteiger partial charge in [0.05, 0.1) is 52.8 Å². The second-order valence-electron chi connectivity index (χ2n) is 23.0. The lowest BCUT2D eigenvalue weighted by atomic mass is 10.1. The third-order valence-corrected chi connectivity index (χ3v) is 14.2. The van der Waals surface area contributed by atoms with Gasteiger partial charge in [-0.15, -0.1) is 0 Å². The number of para-hydroxylation sites is 2. The fraction of sp³-hybridized carbons (Fsp3) is 0.343. The zero-order valence-electron chi connectivity index (χ0n) is 57.0. The number of likely N-dealkylation sites (N-methyl/N-ethyl adjacent to an activating group) is 4. The van der Waals surface area contributed by atoms with Crippen LogP contribution in [0.25, 0.3) is 44.3 Å². The molecule has 4 aromatic heterocycles. The number of benzene rings is 4. The first-order chi connectivity index (χ1) is 45.1. The van der Waals surface area contributed by atoms with E-state index < -0.39 is 17.9 Å². The summed E-state index contributed by atoms with van der Waals surface area (Å²) in [5.41, 5.74) is 11.4. The molecule has 0 atom stereocenters. The number of carboxylic acid groups (broad SMARTS) is 1. The number of anilines is 8. The monoisotopic (exact) mass is 1300 g/mol. The van der Waals surface area contributed by atoms with Crippen LogP contribution < -0.4 is 31.1 Å². The number of aliphatic carboxylic acids is 1. The molecule has 0 unspecified atom stereocenters. The number of carboxylic acids is 1. The van der Waals surface area contributed by atoms with Gasteiger partial charge in [-0.2, -0.15) is 0 Å². The highest BCUT2D eigenvalue weighted by Crippen LogP contribution is 2.38. The number of nitrogens with zero attached hydrogens (tertiary/aromatic N) is 10. The minimum Gasteiger partial charge on any atom is -0.481 e. The van der Waals surface area contributed by atoms with Crippen LogP contribution in [0.5, 0.6) is 0 Å². The van der Waals surface area contributed by atoms with E-state index in [1.807, 2.05) is 165 Å². The molecule has 0 bridgehead atoms. The van der Waals surface area contributed by atoms with Gasteiger partial charge in [0, 0.05) is 130 Å². The van der Waals surface area contributed by atoms with Crippen molar-refractivity contribution in [1.29, 1.82) is 0 Å². The molecule has 8 aromatic rings. The van der Waals surface area contributed by atoms with Crippen LogP contribution in [0, 0.1) is 13.8 Å². The van der Waals surface area contributed by atoms with Gasteiger partial charge in [0.15, 0.2) is 0 Å². The molecule has 506 valence electrons. The first-order valence-corrected chi connectivity index (χ1v) is 30.7. The zero-order chi connectivity index (χ0) is 70.2. The number of esters is 2. The molecule has 25 nitrogen and oxygen atoms in total. The maximum absolute atomic E-state index is 13.1. The zero-order valence-corrected chi connectivity index (χ0v) is 57.0. The molecule has 0 radical (unpaired) electrons. The van der Waals surface area contributed by atoms with Gasteiger partial charge in [0.25, 0.3) is 6.47 Å². The predicted molar refractivity (Wildman–Crippen MR) is 376 cm³/mol. The number of aromatic nitrogens is 6. The lowest BCUT2D eigenvalue weighted by Gasteiger charge is -2.25. The normalized spacial score (nSPS) is 10.7. The Kier molecular flexibility index (Phi) is 28.6. The number of aliphatic hydroxyl groups excluding tert-OH is 1. The Morgan fingerprint density at radius 1 is 0.611 bits per heavy atom. The summed E-state index contributed by atoms with van der Waals surface area (Å²) in [7, 11) is 16.0. The standard InChI is InChI=1S/2C32H39N7O3.C4H6O4.C2H6O/c2*1-9-29(40)34-26-17-25(21(4)16-28(26)38(7)15-14-37(5)6)35-32-33-18-23(31(41)42-20(2)3)30(36-32)24-19-39(8)27-13-11-10-12-22(24)27;5-3-8-2-1-4(6)7;1-2-3/h2*9-13,16-20H,1,14-15H2,2-8H3,(H,34,40)(H,33,35,36);3H,1-2H2,(H,6,7);3H,2H2,1H3. The fourth-order valence-electron chi connectivity index (χ4n) is 9.44. The van der Waals surface area contributed by atoms with Crippen molar-refractivity contribution in [3.8, 4) is 22.5 Å². The summed E-state index contributed by atoms with van der Waals surface area (Å²) in [4.78, 5) is 96.9. The third-order valence-electron chi connectivity index (χ3n) is 14.2. The van der Waals surface area contributed by atoms with Gasteiger partial charge < -0.3 is 74.4 Å². The number of carbonyl (C=O) groups is 6. The second kappa shape index (κ2) is 36.1. The number of aliphatic hydroxyl groups is 1. The molecule has 0 spiro atoms. The highest BCUT2D eigenvalue weighted by atomic mass is 16.5. The lowest BCUT2D eigenvalue weighted by Crippen LogP contribution is -2.29. The number of fused-ring (bicyclic) bond motifs is 2. The Hall–Kier alpha value is -10.5. The molecule has 0 aliphatic carbocycles. The molecule has 6 N–H and O–H groups in total. The first kappa shape index (κ1) is 75.2. The predicted octanol–water partition coefficient (Wildman–Crippen LogP) is 10.4. The van der Waals surface area contributed by atoms with E-state index in [-0.39, 0.29) is 61.3 Å². The van der Waals surface area contributed by atoms with Crippen molar-refractivity contribution < 1.29 is 53.2 Å². The summed E-state index contributed by atoms with van der Waals surface area (Å²) in [6.45, 7) is 23.7. The molecule has 25 heteroatoms. The Labute approximate surface area is 555 Å². The number of amides is 2. The van der Waals surface area contributed by atoms with Crippen molar-refractivity contribution in [3.05, 3.63) is 145 Å². The highest BCUT2D eigenvalue weighted by molar-refractivity contribution is 6.06. The molecule has 0 saturated carbocycles. The summed E-state index contributed by atoms with van der Waals surface area (Å²) in [6, 6.07) is 23.6. The molecule has 4 aromatic carbocycles. The minimum absolute atomic E-state index is 0.0428. The number of rotatable bonds is 26. The molecular formula is C70H90N14O11. The fourth-order valence-corrected chi connectivity index (χ4v) is 9.44. The van der Waals surface area contributed by atoms with Crippen LogP contribution in [0.2, 0.25) is 0 Å². The smallest absolute Gasteiger partial charge is 0.342 e. The van der Waals surface area contributed by atoms with Gasteiger partial charge in [-0.05, 0) is 136 Å². The average Bonchev–Trinajstić information content (AvgIpc) is 1.67. The number of hydrogen-bond donors (Lipinski definition) is 6. The van der Waals surface area contributed by atoms with Gasteiger partial charge >= 0.3 is 17.9 Å². The van der Waals surface area contributed by atoms with Crippen molar-refractivity contribution in [2.45, 2.75) is 67.1 Å². The first-order valence-electron chi connectivity index (χ1n) is 30.7. The molecule has 0 fully saturated rings. The minimum atomic E-state index is -0.966. The molecule has 0 aliphatic heterocycles. The van der Waals surface area contributed by atoms with E-state index in [0.29, 0.717) is 46.0 Å². The van der Waals surface area contributed by atoms with E-state index in [1.54, 1.807) is 34.6 Å². The van der Waals surface area contributed by atoms with E-state index in [1.165, 1.54) is 24.5 Å². The lowest BCUT2D eigenvalue weighted by molar-refractivity contribution is -0.139. The van der Waals surface area contributed by atoms with Crippen molar-refractivity contribution in [1.82, 2.24) is 38.9 Å². The summed E-state index contributed by atoms with van der Waals surface area (Å²) in [5, 5.41) is 29.9. The number of aryl methyl sites for hydroxylation is 4. The van der Waals surface area contributed by atoms with Gasteiger partial charge in [-0.3, -0.25) is 19.2 Å². The Bertz CT molecular complexity index is 3750. The van der Waals surface area contributed by atoms with E-state index in [9.17, 15) is 28.8 Å². The van der Waals surface area contributed by atoms with Gasteiger partial charge in [-0.1, -0.05) is 49.6 Å². The van der Waals surface area contributed by atoms with Crippen LogP contribution in [0.4, 0.5) is 46.0 Å². The highest BCUT2D eigenvalue weighted by Gasteiger charge is 2.25. The molecule has 4 heterocycles. The largest absolute Gasteiger partial charge is 0.481 e. The average molecular weight is 1300 g/mol. The molecular weight excluding hydrogens is 1210 g/mol. The van der Waals surface area contributed by atoms with Gasteiger partial charge in [0.1, 0.15) is 17.7 Å². The summed E-state index contributed by atoms with van der Waals surface area (Å²) < 4.78 is 19.1. The van der Waals surface area contributed by atoms with E-state index >= 15 is 0 Å². The van der Waals surface area contributed by atoms with Crippen LogP contribution in [0.3, 0.4) is 0 Å². The van der Waals surface area contributed by atoms with Crippen LogP contribution in [0.15, 0.2) is 123 Å². The third kappa shape index (κ3) is 21.5. The van der Waals surface area contributed by atoms with Crippen molar-refractivity contribution >= 4 is 104 Å². The SMILES string of the molecule is C=CC(=O)Nc1cc(Nc2ncc(C(=O)OC(C)C)c(-c3cn(C)c4ccccc34)n2)c(C)cc1N(C)CCN(C)C.C=CC(=O)Nc1cc(Nc2ncc(C(=O)OC(C)C)c(-c3cn(C)c4ccccc34)n2)c(C)cc1N(C)CCN(C)C.CCO.O=COCCC(=O)O. The summed E-state index contributed by atoms with van der Waals surface area (Å²) in [5.74, 6) is -1.96. The maximum Gasteiger partial charge on any atom is 0.342 e. The number of ether oxygens (including phenoxy) is 3. The van der Waals surface area contributed by atoms with E-state index in [2.05, 4.69) is 68.7 Å². The molecule has 8 rings (SSSR count). The summed E-state index contributed by atoms with van der Waals surface area (Å²) in [6.07, 6.45) is 8.67. The van der Waals surface area contributed by atoms with Crippen LogP contribution in [-0.4, -0.2) is 179 Å². The van der Waals surface area contributed by atoms with E-state index in [4.69, 9.17) is 29.7 Å². The number of nitrogens with one attached hydrogen (secondary N) is 4. The van der Waals surface area contributed by atoms with Crippen molar-refractivity contribution in [2.24, 2.45) is 14.1 Å². The Balaban J connectivity index is 0.000000297. The van der Waals surface area contributed by atoms with Crippen molar-refractivity contribution in [2.75, 3.05) is 113 Å². The number of carbonyl (C=O) groups excluding carboxylic acids is 5.